The number of hydrogen-bond donors (Lipinski definition) is 1. The van der Waals surface area contributed by atoms with E-state index in [2.05, 4.69) is 5.32 Å². The summed E-state index contributed by atoms with van der Waals surface area (Å²) < 4.78 is 30.9. The minimum Gasteiger partial charge on any atom is -0.484 e. The van der Waals surface area contributed by atoms with E-state index in [0.29, 0.717) is 6.54 Å². The first kappa shape index (κ1) is 16.7. The second kappa shape index (κ2) is 7.58. The number of nitrogens with zero attached hydrogens (tertiary/aromatic N) is 1. The number of anilines is 1. The summed E-state index contributed by atoms with van der Waals surface area (Å²) >= 11 is 0. The number of carbonyl (C=O) groups excluding carboxylic acids is 1. The third-order valence-corrected chi connectivity index (χ3v) is 3.20. The Bertz CT molecular complexity index is 673. The van der Waals surface area contributed by atoms with E-state index in [-0.39, 0.29) is 18.3 Å². The van der Waals surface area contributed by atoms with Crippen LogP contribution in [0.2, 0.25) is 0 Å². The van der Waals surface area contributed by atoms with E-state index < -0.39 is 11.6 Å². The zero-order valence-corrected chi connectivity index (χ0v) is 13.0. The summed E-state index contributed by atoms with van der Waals surface area (Å²) in [5.41, 5.74) is 2.03. The lowest BCUT2D eigenvalue weighted by Gasteiger charge is -2.13. The van der Waals surface area contributed by atoms with Crippen LogP contribution >= 0.6 is 0 Å². The van der Waals surface area contributed by atoms with E-state index in [9.17, 15) is 13.6 Å². The van der Waals surface area contributed by atoms with Crippen molar-refractivity contribution in [1.29, 1.82) is 0 Å². The second-order valence-corrected chi connectivity index (χ2v) is 5.20. The van der Waals surface area contributed by atoms with E-state index in [0.717, 1.165) is 23.4 Å². The monoisotopic (exact) mass is 320 g/mol. The van der Waals surface area contributed by atoms with Crippen LogP contribution in [0, 0.1) is 11.6 Å². The van der Waals surface area contributed by atoms with Crippen molar-refractivity contribution in [3.8, 4) is 5.75 Å². The first-order valence-corrected chi connectivity index (χ1v) is 7.06. The van der Waals surface area contributed by atoms with Gasteiger partial charge in [0.2, 0.25) is 0 Å². The fraction of sp³-hybridized carbons (Fsp3) is 0.235. The van der Waals surface area contributed by atoms with E-state index >= 15 is 0 Å². The Morgan fingerprint density at radius 3 is 2.39 bits per heavy atom. The normalized spacial score (nSPS) is 10.3. The molecule has 4 nitrogen and oxygen atoms in total. The van der Waals surface area contributed by atoms with E-state index in [1.54, 1.807) is 0 Å². The molecule has 2 aromatic rings. The van der Waals surface area contributed by atoms with Crippen molar-refractivity contribution in [3.05, 3.63) is 59.7 Å². The maximum Gasteiger partial charge on any atom is 0.258 e. The highest BCUT2D eigenvalue weighted by Gasteiger charge is 2.06. The molecule has 0 heterocycles. The summed E-state index contributed by atoms with van der Waals surface area (Å²) in [6, 6.07) is 10.9. The molecule has 0 radical (unpaired) electrons. The lowest BCUT2D eigenvalue weighted by Crippen LogP contribution is -2.28. The molecule has 0 aliphatic carbocycles. The number of hydrogen-bond acceptors (Lipinski definition) is 3. The van der Waals surface area contributed by atoms with Crippen molar-refractivity contribution in [1.82, 2.24) is 5.32 Å². The summed E-state index contributed by atoms with van der Waals surface area (Å²) in [4.78, 5) is 13.7. The number of rotatable bonds is 6. The molecule has 0 fully saturated rings. The molecule has 0 aromatic heterocycles. The molecule has 0 saturated heterocycles. The van der Waals surface area contributed by atoms with Gasteiger partial charge in [0, 0.05) is 32.4 Å². The summed E-state index contributed by atoms with van der Waals surface area (Å²) in [6.45, 7) is 0.106. The van der Waals surface area contributed by atoms with Crippen LogP contribution in [0.25, 0.3) is 0 Å². The van der Waals surface area contributed by atoms with Crippen LogP contribution < -0.4 is 15.0 Å². The van der Waals surface area contributed by atoms with Gasteiger partial charge >= 0.3 is 0 Å². The Morgan fingerprint density at radius 2 is 1.78 bits per heavy atom. The number of carbonyl (C=O) groups is 1. The maximum atomic E-state index is 13.0. The van der Waals surface area contributed by atoms with Crippen molar-refractivity contribution in [2.24, 2.45) is 0 Å². The number of nitrogens with one attached hydrogen (secondary N) is 1. The molecule has 6 heteroatoms. The zero-order valence-electron chi connectivity index (χ0n) is 13.0. The Balaban J connectivity index is 1.79. The highest BCUT2D eigenvalue weighted by Crippen LogP contribution is 2.15. The Morgan fingerprint density at radius 1 is 1.09 bits per heavy atom. The van der Waals surface area contributed by atoms with Gasteiger partial charge in [0.15, 0.2) is 18.2 Å². The van der Waals surface area contributed by atoms with E-state index in [1.165, 1.54) is 6.07 Å². The first-order valence-electron chi connectivity index (χ1n) is 7.06. The van der Waals surface area contributed by atoms with Gasteiger partial charge in [-0.2, -0.15) is 0 Å². The van der Waals surface area contributed by atoms with Gasteiger partial charge in [0.25, 0.3) is 5.91 Å². The molecule has 0 atom stereocenters. The summed E-state index contributed by atoms with van der Waals surface area (Å²) in [6.07, 6.45) is 0. The number of benzene rings is 2. The van der Waals surface area contributed by atoms with Gasteiger partial charge < -0.3 is 15.0 Å². The number of amides is 1. The predicted molar refractivity (Wildman–Crippen MR) is 84.5 cm³/mol. The van der Waals surface area contributed by atoms with Crippen LogP contribution in [0.1, 0.15) is 5.56 Å². The molecule has 1 N–H and O–H groups in total. The van der Waals surface area contributed by atoms with Gasteiger partial charge in [-0.25, -0.2) is 8.78 Å². The molecule has 0 unspecified atom stereocenters. The van der Waals surface area contributed by atoms with E-state index in [1.807, 2.05) is 43.3 Å². The van der Waals surface area contributed by atoms with Crippen molar-refractivity contribution >= 4 is 11.6 Å². The van der Waals surface area contributed by atoms with Crippen molar-refractivity contribution in [3.63, 3.8) is 0 Å². The molecule has 0 bridgehead atoms. The SMILES string of the molecule is CN(C)c1ccc(CNC(=O)COc2ccc(F)c(F)c2)cc1. The van der Waals surface area contributed by atoms with E-state index in [4.69, 9.17) is 4.74 Å². The summed E-state index contributed by atoms with van der Waals surface area (Å²) in [5, 5.41) is 2.70. The topological polar surface area (TPSA) is 41.6 Å². The summed E-state index contributed by atoms with van der Waals surface area (Å²) in [7, 11) is 3.90. The van der Waals surface area contributed by atoms with Gasteiger partial charge in [-0.3, -0.25) is 4.79 Å². The molecule has 0 aliphatic heterocycles. The average Bonchev–Trinajstić information content (AvgIpc) is 2.54. The predicted octanol–water partition coefficient (Wildman–Crippen LogP) is 2.73. The smallest absolute Gasteiger partial charge is 0.258 e. The second-order valence-electron chi connectivity index (χ2n) is 5.20. The molecule has 0 saturated carbocycles. The van der Waals surface area contributed by atoms with Gasteiger partial charge in [-0.1, -0.05) is 12.1 Å². The minimum absolute atomic E-state index is 0.106. The standard InChI is InChI=1S/C17H18F2N2O2/c1-21(2)13-5-3-12(4-6-13)10-20-17(22)11-23-14-7-8-15(18)16(19)9-14/h3-9H,10-11H2,1-2H3,(H,20,22). The molecule has 0 aliphatic rings. The fourth-order valence-corrected chi connectivity index (χ4v) is 1.88. The molecular formula is C17H18F2N2O2. The van der Waals surface area contributed by atoms with Gasteiger partial charge in [-0.05, 0) is 29.8 Å². The third kappa shape index (κ3) is 4.95. The first-order chi connectivity index (χ1) is 11.0. The highest BCUT2D eigenvalue weighted by atomic mass is 19.2. The van der Waals surface area contributed by atoms with Gasteiger partial charge in [-0.15, -0.1) is 0 Å². The third-order valence-electron chi connectivity index (χ3n) is 3.20. The highest BCUT2D eigenvalue weighted by molar-refractivity contribution is 5.77. The molecule has 0 spiro atoms. The van der Waals surface area contributed by atoms with Crippen LogP contribution in [-0.2, 0) is 11.3 Å². The fourth-order valence-electron chi connectivity index (χ4n) is 1.88. The van der Waals surface area contributed by atoms with Crippen molar-refractivity contribution < 1.29 is 18.3 Å². The van der Waals surface area contributed by atoms with Gasteiger partial charge in [0.1, 0.15) is 5.75 Å². The van der Waals surface area contributed by atoms with Crippen LogP contribution in [0.5, 0.6) is 5.75 Å². The quantitative estimate of drug-likeness (QED) is 0.890. The molecule has 2 aromatic carbocycles. The van der Waals surface area contributed by atoms with Crippen LogP contribution in [0.4, 0.5) is 14.5 Å². The molecule has 1 amide bonds. The Labute approximate surface area is 133 Å². The Kier molecular flexibility index (Phi) is 5.51. The largest absolute Gasteiger partial charge is 0.484 e. The number of ether oxygens (including phenoxy) is 1. The number of halogens is 2. The van der Waals surface area contributed by atoms with Crippen LogP contribution in [0.3, 0.4) is 0 Å². The lowest BCUT2D eigenvalue weighted by molar-refractivity contribution is -0.123. The lowest BCUT2D eigenvalue weighted by atomic mass is 10.2. The molecule has 122 valence electrons. The molecule has 2 rings (SSSR count). The van der Waals surface area contributed by atoms with Crippen molar-refractivity contribution in [2.45, 2.75) is 6.54 Å². The average molecular weight is 320 g/mol. The zero-order chi connectivity index (χ0) is 16.8. The minimum atomic E-state index is -1.01. The van der Waals surface area contributed by atoms with Crippen LogP contribution in [0.15, 0.2) is 42.5 Å². The maximum absolute atomic E-state index is 13.0. The van der Waals surface area contributed by atoms with Crippen molar-refractivity contribution in [2.75, 3.05) is 25.6 Å². The Hall–Kier alpha value is -2.63. The molecular weight excluding hydrogens is 302 g/mol. The molecule has 23 heavy (non-hydrogen) atoms. The summed E-state index contributed by atoms with van der Waals surface area (Å²) in [5.74, 6) is -2.20. The van der Waals surface area contributed by atoms with Crippen LogP contribution in [-0.4, -0.2) is 26.6 Å². The van der Waals surface area contributed by atoms with Gasteiger partial charge in [0.05, 0.1) is 0 Å².